The van der Waals surface area contributed by atoms with Crippen LogP contribution in [0.1, 0.15) is 47.8 Å². The van der Waals surface area contributed by atoms with Gasteiger partial charge in [0.2, 0.25) is 0 Å². The molecule has 0 aliphatic carbocycles. The molecular formula is C25H32N2O4. The number of rotatable bonds is 9. The lowest BCUT2D eigenvalue weighted by molar-refractivity contribution is -0.125. The molecule has 0 unspecified atom stereocenters. The van der Waals surface area contributed by atoms with Crippen molar-refractivity contribution in [1.29, 1.82) is 0 Å². The zero-order valence-electron chi connectivity index (χ0n) is 18.4. The third kappa shape index (κ3) is 7.49. The summed E-state index contributed by atoms with van der Waals surface area (Å²) in [6.07, 6.45) is 0.814. The average molecular weight is 425 g/mol. The van der Waals surface area contributed by atoms with Crippen LogP contribution in [0.4, 0.5) is 0 Å². The highest BCUT2D eigenvalue weighted by Gasteiger charge is 2.18. The highest BCUT2D eigenvalue weighted by Crippen LogP contribution is 2.21. The molecule has 166 valence electrons. The molecule has 6 heteroatoms. The van der Waals surface area contributed by atoms with Crippen molar-refractivity contribution in [3.05, 3.63) is 71.3 Å². The van der Waals surface area contributed by atoms with Crippen molar-refractivity contribution in [2.24, 2.45) is 5.92 Å². The maximum atomic E-state index is 12.4. The number of carbonyl (C=O) groups excluding carboxylic acids is 2. The van der Waals surface area contributed by atoms with Crippen LogP contribution in [0.15, 0.2) is 54.6 Å². The van der Waals surface area contributed by atoms with Gasteiger partial charge in [-0.2, -0.15) is 0 Å². The first-order valence-corrected chi connectivity index (χ1v) is 10.9. The number of morpholine rings is 1. The van der Waals surface area contributed by atoms with Gasteiger partial charge < -0.3 is 14.8 Å². The molecular weight excluding hydrogens is 392 g/mol. The number of hydrogen-bond donors (Lipinski definition) is 1. The number of nitrogens with one attached hydrogen (secondary N) is 1. The van der Waals surface area contributed by atoms with Crippen molar-refractivity contribution in [3.63, 3.8) is 0 Å². The fourth-order valence-corrected chi connectivity index (χ4v) is 3.65. The predicted octanol–water partition coefficient (Wildman–Crippen LogP) is 3.58. The lowest BCUT2D eigenvalue weighted by Crippen LogP contribution is -2.35. The summed E-state index contributed by atoms with van der Waals surface area (Å²) in [5, 5.41) is 2.99. The molecule has 1 atom stereocenters. The van der Waals surface area contributed by atoms with E-state index >= 15 is 0 Å². The summed E-state index contributed by atoms with van der Waals surface area (Å²) in [5.41, 5.74) is 2.63. The highest BCUT2D eigenvalue weighted by molar-refractivity contribution is 5.91. The van der Waals surface area contributed by atoms with Crippen molar-refractivity contribution in [1.82, 2.24) is 10.2 Å². The molecule has 0 radical (unpaired) electrons. The monoisotopic (exact) mass is 424 g/mol. The molecule has 3 rings (SSSR count). The predicted molar refractivity (Wildman–Crippen MR) is 120 cm³/mol. The minimum absolute atomic E-state index is 0.105. The Kier molecular flexibility index (Phi) is 8.62. The summed E-state index contributed by atoms with van der Waals surface area (Å²) in [5.74, 6) is -0.371. The minimum atomic E-state index is -0.492. The van der Waals surface area contributed by atoms with E-state index in [0.29, 0.717) is 11.5 Å². The molecule has 0 aromatic heterocycles. The van der Waals surface area contributed by atoms with Gasteiger partial charge in [-0.05, 0) is 35.6 Å². The van der Waals surface area contributed by atoms with Gasteiger partial charge >= 0.3 is 5.97 Å². The number of amides is 1. The van der Waals surface area contributed by atoms with Crippen molar-refractivity contribution < 1.29 is 19.1 Å². The Bertz CT molecular complexity index is 830. The van der Waals surface area contributed by atoms with E-state index in [2.05, 4.69) is 24.1 Å². The van der Waals surface area contributed by atoms with Crippen LogP contribution in [-0.2, 0) is 20.8 Å². The van der Waals surface area contributed by atoms with Crippen molar-refractivity contribution >= 4 is 11.9 Å². The Balaban J connectivity index is 1.49. The fraction of sp³-hybridized carbons (Fsp3) is 0.440. The molecule has 6 nitrogen and oxygen atoms in total. The number of nitrogens with zero attached hydrogens (tertiary/aromatic N) is 1. The summed E-state index contributed by atoms with van der Waals surface area (Å²) in [4.78, 5) is 27.1. The Hall–Kier alpha value is -2.70. The van der Waals surface area contributed by atoms with E-state index in [-0.39, 0.29) is 18.6 Å². The van der Waals surface area contributed by atoms with Crippen LogP contribution in [0.5, 0.6) is 0 Å². The van der Waals surface area contributed by atoms with E-state index in [1.165, 1.54) is 0 Å². The number of hydrogen-bond acceptors (Lipinski definition) is 5. The molecule has 1 N–H and O–H groups in total. The first-order chi connectivity index (χ1) is 15.0. The van der Waals surface area contributed by atoms with E-state index in [4.69, 9.17) is 9.47 Å². The highest BCUT2D eigenvalue weighted by atomic mass is 16.5. The third-order valence-corrected chi connectivity index (χ3v) is 5.28. The molecule has 1 saturated heterocycles. The van der Waals surface area contributed by atoms with E-state index < -0.39 is 5.97 Å². The molecule has 2 aromatic rings. The van der Waals surface area contributed by atoms with E-state index in [0.717, 1.165) is 50.4 Å². The zero-order chi connectivity index (χ0) is 22.1. The van der Waals surface area contributed by atoms with Gasteiger partial charge in [0.1, 0.15) is 0 Å². The molecule has 31 heavy (non-hydrogen) atoms. The van der Waals surface area contributed by atoms with Crippen molar-refractivity contribution in [3.8, 4) is 0 Å². The van der Waals surface area contributed by atoms with Crippen LogP contribution in [0, 0.1) is 5.92 Å². The van der Waals surface area contributed by atoms with Crippen molar-refractivity contribution in [2.45, 2.75) is 32.9 Å². The van der Waals surface area contributed by atoms with Crippen molar-refractivity contribution in [2.75, 3.05) is 32.9 Å². The first kappa shape index (κ1) is 23.0. The Labute approximate surface area is 184 Å². The molecule has 0 bridgehead atoms. The maximum Gasteiger partial charge on any atom is 0.338 e. The fourth-order valence-electron chi connectivity index (χ4n) is 3.65. The van der Waals surface area contributed by atoms with E-state index in [1.807, 2.05) is 42.5 Å². The van der Waals surface area contributed by atoms with Gasteiger partial charge in [-0.15, -0.1) is 0 Å². The van der Waals surface area contributed by atoms with Gasteiger partial charge in [0, 0.05) is 19.6 Å². The number of esters is 1. The first-order valence-electron chi connectivity index (χ1n) is 10.9. The van der Waals surface area contributed by atoms with E-state index in [1.54, 1.807) is 12.1 Å². The number of benzene rings is 2. The second kappa shape index (κ2) is 11.6. The topological polar surface area (TPSA) is 67.9 Å². The summed E-state index contributed by atoms with van der Waals surface area (Å²) < 4.78 is 10.6. The second-order valence-corrected chi connectivity index (χ2v) is 8.32. The summed E-state index contributed by atoms with van der Waals surface area (Å²) in [7, 11) is 0. The zero-order valence-corrected chi connectivity index (χ0v) is 18.4. The number of ether oxygens (including phenoxy) is 2. The Morgan fingerprint density at radius 2 is 1.71 bits per heavy atom. The van der Waals surface area contributed by atoms with Crippen LogP contribution in [0.2, 0.25) is 0 Å². The normalized spacial score (nSPS) is 15.5. The average Bonchev–Trinajstić information content (AvgIpc) is 2.78. The molecule has 2 aromatic carbocycles. The molecule has 0 spiro atoms. The third-order valence-electron chi connectivity index (χ3n) is 5.28. The van der Waals surface area contributed by atoms with E-state index in [9.17, 15) is 9.59 Å². The standard InChI is InChI=1S/C25H32N2O4/c1-19(2)16-23(21-6-4-3-5-7-21)26-24(28)18-31-25(29)22-10-8-20(9-11-22)17-27-12-14-30-15-13-27/h3-11,19,23H,12-18H2,1-2H3,(H,26,28)/t23-/m0/s1. The van der Waals surface area contributed by atoms with Crippen LogP contribution in [-0.4, -0.2) is 49.7 Å². The molecule has 1 fully saturated rings. The largest absolute Gasteiger partial charge is 0.452 e. The smallest absolute Gasteiger partial charge is 0.338 e. The van der Waals surface area contributed by atoms with Crippen LogP contribution >= 0.6 is 0 Å². The quantitative estimate of drug-likeness (QED) is 0.623. The maximum absolute atomic E-state index is 12.4. The van der Waals surface area contributed by atoms with Crippen LogP contribution in [0.3, 0.4) is 0 Å². The Morgan fingerprint density at radius 3 is 2.35 bits per heavy atom. The van der Waals surface area contributed by atoms with Crippen LogP contribution < -0.4 is 5.32 Å². The lowest BCUT2D eigenvalue weighted by Gasteiger charge is -2.26. The van der Waals surface area contributed by atoms with Gasteiger partial charge in [0.25, 0.3) is 5.91 Å². The minimum Gasteiger partial charge on any atom is -0.452 e. The molecule has 0 saturated carbocycles. The van der Waals surface area contributed by atoms with Crippen LogP contribution in [0.25, 0.3) is 0 Å². The Morgan fingerprint density at radius 1 is 1.03 bits per heavy atom. The van der Waals surface area contributed by atoms with Gasteiger partial charge in [0.15, 0.2) is 6.61 Å². The molecule has 1 amide bonds. The molecule has 1 aliphatic rings. The number of carbonyl (C=O) groups is 2. The van der Waals surface area contributed by atoms with Gasteiger partial charge in [-0.1, -0.05) is 56.3 Å². The van der Waals surface area contributed by atoms with Gasteiger partial charge in [0.05, 0.1) is 24.8 Å². The summed E-state index contributed by atoms with van der Waals surface area (Å²) in [6, 6.07) is 17.1. The summed E-state index contributed by atoms with van der Waals surface area (Å²) in [6.45, 7) is 8.12. The second-order valence-electron chi connectivity index (χ2n) is 8.32. The van der Waals surface area contributed by atoms with Gasteiger partial charge in [-0.25, -0.2) is 4.79 Å². The molecule has 1 heterocycles. The lowest BCUT2D eigenvalue weighted by atomic mass is 9.97. The van der Waals surface area contributed by atoms with Gasteiger partial charge in [-0.3, -0.25) is 9.69 Å². The summed E-state index contributed by atoms with van der Waals surface area (Å²) >= 11 is 0. The SMILES string of the molecule is CC(C)C[C@H](NC(=O)COC(=O)c1ccc(CN2CCOCC2)cc1)c1ccccc1. The molecule has 1 aliphatic heterocycles.